The number of aliphatic hydroxyl groups excluding tert-OH is 1. The van der Waals surface area contributed by atoms with E-state index in [2.05, 4.69) is 15.5 Å². The van der Waals surface area contributed by atoms with E-state index in [0.717, 1.165) is 30.9 Å². The Balaban J connectivity index is 1.28. The molecule has 4 heterocycles. The lowest BCUT2D eigenvalue weighted by Gasteiger charge is -2.27. The molecule has 2 aromatic rings. The van der Waals surface area contributed by atoms with Gasteiger partial charge in [0.05, 0.1) is 12.1 Å². The Hall–Kier alpha value is -2.48. The van der Waals surface area contributed by atoms with Gasteiger partial charge in [-0.3, -0.25) is 14.9 Å². The molecule has 7 heteroatoms. The zero-order chi connectivity index (χ0) is 22.1. The van der Waals surface area contributed by atoms with Crippen LogP contribution in [0.4, 0.5) is 0 Å². The molecule has 4 atom stereocenters. The van der Waals surface area contributed by atoms with Crippen molar-refractivity contribution < 1.29 is 9.90 Å². The van der Waals surface area contributed by atoms with E-state index in [0.29, 0.717) is 18.7 Å². The summed E-state index contributed by atoms with van der Waals surface area (Å²) >= 11 is 0. The summed E-state index contributed by atoms with van der Waals surface area (Å²) in [5.41, 5.74) is 2.48. The van der Waals surface area contributed by atoms with Gasteiger partial charge in [0.1, 0.15) is 0 Å². The number of piperidine rings is 1. The fourth-order valence-electron chi connectivity index (χ4n) is 5.72. The van der Waals surface area contributed by atoms with Gasteiger partial charge in [-0.15, -0.1) is 0 Å². The molecule has 0 aliphatic carbocycles. The summed E-state index contributed by atoms with van der Waals surface area (Å²) < 4.78 is 1.82. The molecule has 0 radical (unpaired) electrons. The van der Waals surface area contributed by atoms with E-state index in [1.54, 1.807) is 0 Å². The first-order chi connectivity index (χ1) is 15.7. The first-order valence-corrected chi connectivity index (χ1v) is 11.8. The normalized spacial score (nSPS) is 27.2. The minimum Gasteiger partial charge on any atom is -0.396 e. The largest absolute Gasteiger partial charge is 0.396 e. The molecule has 32 heavy (non-hydrogen) atoms. The first kappa shape index (κ1) is 21.4. The number of nitrogens with one attached hydrogen (secondary N) is 2. The van der Waals surface area contributed by atoms with Gasteiger partial charge in [-0.25, -0.2) is 0 Å². The molecule has 0 unspecified atom stereocenters. The predicted octanol–water partition coefficient (Wildman–Crippen LogP) is 1.37. The number of benzene rings is 1. The van der Waals surface area contributed by atoms with E-state index < -0.39 is 6.04 Å². The minimum absolute atomic E-state index is 0.0101. The quantitative estimate of drug-likeness (QED) is 0.637. The lowest BCUT2D eigenvalue weighted by atomic mass is 9.88. The van der Waals surface area contributed by atoms with Gasteiger partial charge in [-0.05, 0) is 43.6 Å². The number of fused-ring (bicyclic) bond motifs is 3. The molecule has 1 amide bonds. The van der Waals surface area contributed by atoms with Gasteiger partial charge in [-0.2, -0.15) is 0 Å². The molecule has 2 saturated heterocycles. The van der Waals surface area contributed by atoms with Crippen molar-refractivity contribution in [2.45, 2.75) is 37.9 Å². The van der Waals surface area contributed by atoms with Crippen LogP contribution in [-0.4, -0.2) is 59.3 Å². The number of hydrogen-bond acceptors (Lipinski definition) is 5. The summed E-state index contributed by atoms with van der Waals surface area (Å²) in [4.78, 5) is 28.5. The van der Waals surface area contributed by atoms with E-state index >= 15 is 0 Å². The van der Waals surface area contributed by atoms with Crippen molar-refractivity contribution >= 4 is 5.91 Å². The second-order valence-electron chi connectivity index (χ2n) is 9.28. The van der Waals surface area contributed by atoms with E-state index in [1.807, 2.05) is 47.0 Å². The van der Waals surface area contributed by atoms with Crippen LogP contribution in [0.1, 0.15) is 31.0 Å². The maximum atomic E-state index is 13.2. The van der Waals surface area contributed by atoms with Gasteiger partial charge < -0.3 is 19.9 Å². The van der Waals surface area contributed by atoms with Crippen molar-refractivity contribution in [2.24, 2.45) is 11.8 Å². The monoisotopic (exact) mass is 436 g/mol. The first-order valence-electron chi connectivity index (χ1n) is 11.8. The zero-order valence-electron chi connectivity index (χ0n) is 18.4. The van der Waals surface area contributed by atoms with Gasteiger partial charge in [-0.1, -0.05) is 36.8 Å². The summed E-state index contributed by atoms with van der Waals surface area (Å²) in [7, 11) is 0. The lowest BCUT2D eigenvalue weighted by Crippen LogP contribution is -2.48. The molecule has 2 fully saturated rings. The van der Waals surface area contributed by atoms with Crippen LogP contribution in [0.2, 0.25) is 0 Å². The van der Waals surface area contributed by atoms with E-state index in [9.17, 15) is 14.7 Å². The molecule has 1 aromatic heterocycles. The topological polar surface area (TPSA) is 86.6 Å². The average Bonchev–Trinajstić information content (AvgIpc) is 3.37. The van der Waals surface area contributed by atoms with E-state index in [1.165, 1.54) is 19.3 Å². The van der Waals surface area contributed by atoms with Crippen molar-refractivity contribution in [2.75, 3.05) is 32.8 Å². The number of pyridine rings is 1. The Kier molecular flexibility index (Phi) is 6.13. The number of hydrogen-bond donors (Lipinski definition) is 3. The summed E-state index contributed by atoms with van der Waals surface area (Å²) in [6, 6.07) is 13.0. The second kappa shape index (κ2) is 9.17. The average molecular weight is 437 g/mol. The van der Waals surface area contributed by atoms with Crippen LogP contribution in [0.25, 0.3) is 11.1 Å². The van der Waals surface area contributed by atoms with Crippen molar-refractivity contribution in [3.63, 3.8) is 0 Å². The fourth-order valence-corrected chi connectivity index (χ4v) is 5.72. The number of amides is 1. The zero-order valence-corrected chi connectivity index (χ0v) is 18.4. The number of carbonyl (C=O) groups is 1. The van der Waals surface area contributed by atoms with Gasteiger partial charge in [0, 0.05) is 49.3 Å². The predicted molar refractivity (Wildman–Crippen MR) is 123 cm³/mol. The number of likely N-dealkylation sites (tertiary alicyclic amines) is 1. The third kappa shape index (κ3) is 3.89. The lowest BCUT2D eigenvalue weighted by molar-refractivity contribution is -0.124. The highest BCUT2D eigenvalue weighted by atomic mass is 16.3. The number of nitrogens with zero attached hydrogens (tertiary/aromatic N) is 2. The van der Waals surface area contributed by atoms with Crippen LogP contribution in [0, 0.1) is 11.8 Å². The van der Waals surface area contributed by atoms with Crippen molar-refractivity contribution in [1.29, 1.82) is 0 Å². The SMILES string of the molecule is O=C(NCCN1CCCCC1)[C@H]1N[C@H]2c3ccc(-c4ccccc4)c(=O)n3C[C@H]2[C@@H]1CO. The summed E-state index contributed by atoms with van der Waals surface area (Å²) in [5, 5.41) is 16.6. The second-order valence-corrected chi connectivity index (χ2v) is 9.28. The van der Waals surface area contributed by atoms with Crippen LogP contribution in [0.3, 0.4) is 0 Å². The molecule has 1 aromatic carbocycles. The van der Waals surface area contributed by atoms with Crippen LogP contribution in [-0.2, 0) is 11.3 Å². The maximum absolute atomic E-state index is 13.2. The van der Waals surface area contributed by atoms with Crippen molar-refractivity contribution in [3.8, 4) is 11.1 Å². The van der Waals surface area contributed by atoms with Crippen LogP contribution in [0.15, 0.2) is 47.3 Å². The Labute approximate surface area is 188 Å². The Morgan fingerprint density at radius 2 is 1.88 bits per heavy atom. The molecule has 7 nitrogen and oxygen atoms in total. The molecule has 3 aliphatic heterocycles. The number of aliphatic hydroxyl groups is 1. The fraction of sp³-hybridized carbons (Fsp3) is 0.520. The Bertz CT molecular complexity index is 1020. The number of aromatic nitrogens is 1. The molecular weight excluding hydrogens is 404 g/mol. The highest BCUT2D eigenvalue weighted by molar-refractivity contribution is 5.82. The van der Waals surface area contributed by atoms with E-state index in [4.69, 9.17) is 0 Å². The van der Waals surface area contributed by atoms with Crippen LogP contribution < -0.4 is 16.2 Å². The van der Waals surface area contributed by atoms with Gasteiger partial charge in [0.2, 0.25) is 5.91 Å². The van der Waals surface area contributed by atoms with Crippen LogP contribution in [0.5, 0.6) is 0 Å². The third-order valence-corrected chi connectivity index (χ3v) is 7.44. The molecular formula is C25H32N4O3. The van der Waals surface area contributed by atoms with Crippen molar-refractivity contribution in [1.82, 2.24) is 20.1 Å². The van der Waals surface area contributed by atoms with Gasteiger partial charge in [0.15, 0.2) is 0 Å². The molecule has 3 N–H and O–H groups in total. The van der Waals surface area contributed by atoms with Gasteiger partial charge >= 0.3 is 0 Å². The maximum Gasteiger partial charge on any atom is 0.258 e. The number of carbonyl (C=O) groups excluding carboxylic acids is 1. The molecule has 170 valence electrons. The molecule has 0 bridgehead atoms. The van der Waals surface area contributed by atoms with Crippen LogP contribution >= 0.6 is 0 Å². The Morgan fingerprint density at radius 1 is 1.09 bits per heavy atom. The van der Waals surface area contributed by atoms with E-state index in [-0.39, 0.29) is 36.0 Å². The highest BCUT2D eigenvalue weighted by Gasteiger charge is 2.50. The minimum atomic E-state index is -0.436. The molecule has 0 spiro atoms. The smallest absolute Gasteiger partial charge is 0.258 e. The Morgan fingerprint density at radius 3 is 2.62 bits per heavy atom. The summed E-state index contributed by atoms with van der Waals surface area (Å²) in [5.74, 6) is -0.240. The molecule has 0 saturated carbocycles. The summed E-state index contributed by atoms with van der Waals surface area (Å²) in [6.07, 6.45) is 3.77. The standard InChI is InChI=1S/C25H32N4O3/c30-16-20-19-15-29-21(10-9-18(25(29)32)17-7-3-1-4-8-17)22(19)27-23(20)24(31)26-11-14-28-12-5-2-6-13-28/h1,3-4,7-10,19-20,22-23,27,30H,2,5-6,11-16H2,(H,26,31)/t19-,20-,22+,23-/m0/s1. The molecule has 3 aliphatic rings. The summed E-state index contributed by atoms with van der Waals surface area (Å²) in [6.45, 7) is 4.16. The molecule has 5 rings (SSSR count). The number of rotatable bonds is 6. The third-order valence-electron chi connectivity index (χ3n) is 7.44. The van der Waals surface area contributed by atoms with Gasteiger partial charge in [0.25, 0.3) is 5.56 Å². The van der Waals surface area contributed by atoms with Crippen molar-refractivity contribution in [3.05, 3.63) is 58.5 Å². The highest BCUT2D eigenvalue weighted by Crippen LogP contribution is 2.42.